The van der Waals surface area contributed by atoms with E-state index in [-0.39, 0.29) is 48.6 Å². The van der Waals surface area contributed by atoms with Crippen molar-refractivity contribution in [2.45, 2.75) is 37.7 Å². The molecule has 0 unspecified atom stereocenters. The molecule has 5 rings (SSSR count). The van der Waals surface area contributed by atoms with Gasteiger partial charge in [0.05, 0.1) is 12.1 Å². The first-order valence-electron chi connectivity index (χ1n) is 13.7. The van der Waals surface area contributed by atoms with E-state index in [9.17, 15) is 39.4 Å². The van der Waals surface area contributed by atoms with Gasteiger partial charge >= 0.3 is 0 Å². The lowest BCUT2D eigenvalue weighted by molar-refractivity contribution is -0.143. The van der Waals surface area contributed by atoms with Gasteiger partial charge in [0.15, 0.2) is 11.4 Å². The van der Waals surface area contributed by atoms with Gasteiger partial charge in [-0.05, 0) is 80.7 Å². The van der Waals surface area contributed by atoms with Crippen LogP contribution >= 0.6 is 0 Å². The van der Waals surface area contributed by atoms with Crippen molar-refractivity contribution in [2.75, 3.05) is 20.6 Å². The summed E-state index contributed by atoms with van der Waals surface area (Å²) in [4.78, 5) is 64.0. The maximum Gasteiger partial charge on any atom is 0.254 e. The number of Topliss-reactive ketones (excluding diaryl/α,β-unsaturated/α-hetero) is 2. The number of carbonyl (C=O) groups excluding carboxylic acids is 4. The number of nitrogens with one attached hydrogen (secondary N) is 1. The zero-order valence-corrected chi connectivity index (χ0v) is 23.6. The Morgan fingerprint density at radius 1 is 1.14 bits per heavy atom. The summed E-state index contributed by atoms with van der Waals surface area (Å²) in [6.07, 6.45) is 4.65. The minimum atomic E-state index is -2.64. The van der Waals surface area contributed by atoms with E-state index < -0.39 is 51.9 Å². The van der Waals surface area contributed by atoms with E-state index in [1.54, 1.807) is 17.0 Å². The summed E-state index contributed by atoms with van der Waals surface area (Å²) < 4.78 is 0. The minimum Gasteiger partial charge on any atom is -0.508 e. The number of ketones is 2. The molecule has 0 bridgehead atoms. The first kappa shape index (κ1) is 29.6. The van der Waals surface area contributed by atoms with E-state index in [0.717, 1.165) is 11.3 Å². The molecule has 0 aromatic heterocycles. The number of rotatable bonds is 5. The fourth-order valence-electron chi connectivity index (χ4n) is 6.32. The molecule has 43 heavy (non-hydrogen) atoms. The van der Waals surface area contributed by atoms with E-state index in [2.05, 4.69) is 22.3 Å². The number of benzene rings is 1. The molecule has 0 aliphatic heterocycles. The molecule has 4 aliphatic carbocycles. The Kier molecular flexibility index (Phi) is 7.64. The standard InChI is InChI=1S/C31H30N4O8/c1-35(2)14-23(37)33-19-8-4-15(5-9-19)3-6-16-7-10-22(36)25-20(16)12-17-11-18-13-21(34-43)26(30(32)41)29(40)31(18,42)28(39)24(17)27(25)38/h4,7-8,10,17-18,36,39,42H,5,9,11-14H2,1-2H3,(H2,32,41)(H,33,37)/t17-,18+,31+/m1/s1. The summed E-state index contributed by atoms with van der Waals surface area (Å²) in [6, 6.07) is 2.91. The van der Waals surface area contributed by atoms with Crippen LogP contribution in [0, 0.1) is 28.6 Å². The van der Waals surface area contributed by atoms with Crippen LogP contribution in [0.3, 0.4) is 0 Å². The largest absolute Gasteiger partial charge is 0.508 e. The molecule has 1 aromatic carbocycles. The Hall–Kier alpha value is -4.86. The average molecular weight is 587 g/mol. The van der Waals surface area contributed by atoms with Gasteiger partial charge in [0.2, 0.25) is 11.7 Å². The zero-order valence-electron chi connectivity index (χ0n) is 23.6. The SMILES string of the molecule is CN(C)CC(=O)NC1=CC=C(C#Cc2ccc(O)c3c2C[C@H]2C[C@H]4CC(N=O)=C(C(N)=O)C(=O)[C@@]4(O)C(O)=C2C3=O)CC1. The Morgan fingerprint density at radius 2 is 1.88 bits per heavy atom. The van der Waals surface area contributed by atoms with Gasteiger partial charge in [0, 0.05) is 34.7 Å². The highest BCUT2D eigenvalue weighted by Gasteiger charge is 2.59. The van der Waals surface area contributed by atoms with Crippen molar-refractivity contribution in [3.63, 3.8) is 0 Å². The number of phenols is 1. The summed E-state index contributed by atoms with van der Waals surface area (Å²) in [5.41, 5.74) is 3.61. The molecular weight excluding hydrogens is 556 g/mol. The molecule has 0 spiro atoms. The monoisotopic (exact) mass is 586 g/mol. The maximum absolute atomic E-state index is 13.7. The normalized spacial score (nSPS) is 24.7. The molecule has 0 heterocycles. The molecule has 0 saturated heterocycles. The van der Waals surface area contributed by atoms with Gasteiger partial charge in [0.1, 0.15) is 22.8 Å². The Labute approximate surface area is 246 Å². The van der Waals surface area contributed by atoms with Crippen LogP contribution in [0.4, 0.5) is 0 Å². The molecule has 1 aromatic rings. The number of aliphatic hydroxyl groups is 2. The Bertz CT molecular complexity index is 1690. The number of nitrogens with zero attached hydrogens (tertiary/aromatic N) is 2. The van der Waals surface area contributed by atoms with Crippen LogP contribution in [0.25, 0.3) is 0 Å². The molecule has 12 nitrogen and oxygen atoms in total. The second-order valence-corrected chi connectivity index (χ2v) is 11.4. The third kappa shape index (κ3) is 5.07. The van der Waals surface area contributed by atoms with Crippen molar-refractivity contribution in [3.8, 4) is 17.6 Å². The van der Waals surface area contributed by atoms with Gasteiger partial charge in [-0.3, -0.25) is 19.2 Å². The Morgan fingerprint density at radius 3 is 2.51 bits per heavy atom. The number of amides is 2. The lowest BCUT2D eigenvalue weighted by Crippen LogP contribution is -2.57. The highest BCUT2D eigenvalue weighted by atomic mass is 16.3. The van der Waals surface area contributed by atoms with Crippen LogP contribution in [0.15, 0.2) is 63.3 Å². The van der Waals surface area contributed by atoms with Crippen LogP contribution in [-0.4, -0.2) is 69.8 Å². The number of aromatic hydroxyl groups is 1. The van der Waals surface area contributed by atoms with E-state index in [1.165, 1.54) is 6.07 Å². The summed E-state index contributed by atoms with van der Waals surface area (Å²) in [5, 5.41) is 38.9. The van der Waals surface area contributed by atoms with E-state index in [4.69, 9.17) is 5.73 Å². The van der Waals surface area contributed by atoms with Crippen LogP contribution in [0.2, 0.25) is 0 Å². The van der Waals surface area contributed by atoms with Gasteiger partial charge in [-0.1, -0.05) is 11.8 Å². The molecule has 222 valence electrons. The number of aliphatic hydroxyl groups excluding tert-OH is 1. The second-order valence-electron chi connectivity index (χ2n) is 11.4. The number of likely N-dealkylation sites (N-methyl/N-ethyl adjacent to an activating group) is 1. The lowest BCUT2D eigenvalue weighted by Gasteiger charge is -2.45. The zero-order chi connectivity index (χ0) is 31.2. The Balaban J connectivity index is 1.48. The molecular formula is C31H30N4O8. The number of hydrogen-bond donors (Lipinski definition) is 5. The van der Waals surface area contributed by atoms with Crippen LogP contribution in [0.5, 0.6) is 5.75 Å². The second kappa shape index (κ2) is 11.1. The highest BCUT2D eigenvalue weighted by Crippen LogP contribution is 2.52. The lowest BCUT2D eigenvalue weighted by atomic mass is 9.60. The summed E-state index contributed by atoms with van der Waals surface area (Å²) >= 11 is 0. The molecule has 12 heteroatoms. The number of nitrogens with two attached hydrogens (primary N) is 1. The number of allylic oxidation sites excluding steroid dienone is 6. The third-order valence-corrected chi connectivity index (χ3v) is 8.32. The van der Waals surface area contributed by atoms with Crippen molar-refractivity contribution in [1.29, 1.82) is 0 Å². The first-order valence-corrected chi connectivity index (χ1v) is 13.7. The van der Waals surface area contributed by atoms with Crippen molar-refractivity contribution in [2.24, 2.45) is 22.7 Å². The van der Waals surface area contributed by atoms with Crippen molar-refractivity contribution >= 4 is 23.4 Å². The van der Waals surface area contributed by atoms with Crippen LogP contribution in [0.1, 0.15) is 47.2 Å². The summed E-state index contributed by atoms with van der Waals surface area (Å²) in [5.74, 6) is -0.240. The topological polar surface area (TPSA) is 200 Å². The predicted octanol–water partition coefficient (Wildman–Crippen LogP) is 1.42. The molecule has 2 amide bonds. The molecule has 0 radical (unpaired) electrons. The van der Waals surface area contributed by atoms with E-state index >= 15 is 0 Å². The van der Waals surface area contributed by atoms with Gasteiger partial charge in [-0.2, -0.15) is 0 Å². The number of phenolic OH excluding ortho intramolecular Hbond substituents is 1. The van der Waals surface area contributed by atoms with E-state index in [1.807, 2.05) is 20.2 Å². The van der Waals surface area contributed by atoms with Gasteiger partial charge in [0.25, 0.3) is 5.91 Å². The molecule has 3 atom stereocenters. The average Bonchev–Trinajstić information content (AvgIpc) is 2.94. The molecule has 4 aliphatic rings. The number of nitroso groups, excluding NO2 is 1. The fourth-order valence-corrected chi connectivity index (χ4v) is 6.32. The van der Waals surface area contributed by atoms with Crippen molar-refractivity contribution < 1.29 is 34.5 Å². The van der Waals surface area contributed by atoms with Gasteiger partial charge in [-0.25, -0.2) is 0 Å². The number of carbonyl (C=O) groups is 4. The highest BCUT2D eigenvalue weighted by molar-refractivity contribution is 6.24. The van der Waals surface area contributed by atoms with Gasteiger partial charge < -0.3 is 31.3 Å². The van der Waals surface area contributed by atoms with Crippen molar-refractivity contribution in [1.82, 2.24) is 10.2 Å². The summed E-state index contributed by atoms with van der Waals surface area (Å²) in [7, 11) is 3.62. The smallest absolute Gasteiger partial charge is 0.254 e. The quantitative estimate of drug-likeness (QED) is 0.192. The fraction of sp³-hybridized carbons (Fsp3) is 0.355. The number of fused-ring (bicyclic) bond motifs is 3. The molecule has 6 N–H and O–H groups in total. The number of hydrogen-bond acceptors (Lipinski definition) is 10. The first-order chi connectivity index (χ1) is 20.4. The van der Waals surface area contributed by atoms with Crippen LogP contribution < -0.4 is 11.1 Å². The minimum absolute atomic E-state index is 0.0126. The number of primary amides is 1. The van der Waals surface area contributed by atoms with Crippen molar-refractivity contribution in [3.05, 3.63) is 79.8 Å². The van der Waals surface area contributed by atoms with E-state index in [0.29, 0.717) is 24.0 Å². The van der Waals surface area contributed by atoms with Gasteiger partial charge in [-0.15, -0.1) is 4.91 Å². The predicted molar refractivity (Wildman–Crippen MR) is 153 cm³/mol. The molecule has 0 saturated carbocycles. The maximum atomic E-state index is 13.7. The third-order valence-electron chi connectivity index (χ3n) is 8.32. The molecule has 0 fully saturated rings. The summed E-state index contributed by atoms with van der Waals surface area (Å²) in [6.45, 7) is 0.269. The van der Waals surface area contributed by atoms with Crippen LogP contribution in [-0.2, 0) is 20.8 Å².